The quantitative estimate of drug-likeness (QED) is 0.573. The summed E-state index contributed by atoms with van der Waals surface area (Å²) >= 11 is 0. The molecule has 0 atom stereocenters. The molecule has 1 N–H and O–H groups in total. The third kappa shape index (κ3) is 1.13. The molecule has 2 rings (SSSR count). The highest BCUT2D eigenvalue weighted by Crippen LogP contribution is 2.16. The second-order valence-electron chi connectivity index (χ2n) is 2.88. The lowest BCUT2D eigenvalue weighted by atomic mass is 10.00. The summed E-state index contributed by atoms with van der Waals surface area (Å²) in [5, 5.41) is 3.02. The second-order valence-corrected chi connectivity index (χ2v) is 2.88. The Morgan fingerprint density at radius 2 is 2.00 bits per heavy atom. The van der Waals surface area contributed by atoms with Crippen molar-refractivity contribution >= 4 is 5.94 Å². The third-order valence-corrected chi connectivity index (χ3v) is 2.10. The van der Waals surface area contributed by atoms with Crippen LogP contribution in [-0.2, 0) is 17.8 Å². The fraction of sp³-hybridized carbons (Fsp3) is 0.200. The average molecular weight is 159 g/mol. The van der Waals surface area contributed by atoms with Gasteiger partial charge in [-0.2, -0.15) is 0 Å². The minimum atomic E-state index is 0.661. The molecule has 0 aliphatic carbocycles. The lowest BCUT2D eigenvalue weighted by Gasteiger charge is -2.17. The number of allylic oxidation sites excluding steroid dienone is 1. The zero-order valence-corrected chi connectivity index (χ0v) is 6.63. The van der Waals surface area contributed by atoms with Crippen molar-refractivity contribution in [3.63, 3.8) is 0 Å². The van der Waals surface area contributed by atoms with Crippen molar-refractivity contribution < 1.29 is 4.79 Å². The van der Waals surface area contributed by atoms with Crippen LogP contribution in [0.3, 0.4) is 0 Å². The Bertz CT molecular complexity index is 351. The van der Waals surface area contributed by atoms with Gasteiger partial charge in [-0.25, -0.2) is 4.79 Å². The highest BCUT2D eigenvalue weighted by atomic mass is 16.1. The van der Waals surface area contributed by atoms with Gasteiger partial charge < -0.3 is 5.32 Å². The number of rotatable bonds is 0. The van der Waals surface area contributed by atoms with Crippen molar-refractivity contribution in [2.75, 3.05) is 0 Å². The lowest BCUT2D eigenvalue weighted by molar-refractivity contribution is 0.561. The summed E-state index contributed by atoms with van der Waals surface area (Å²) in [5.41, 5.74) is 3.17. The van der Waals surface area contributed by atoms with E-state index in [1.807, 2.05) is 24.1 Å². The number of hydrogen-bond donors (Lipinski definition) is 1. The normalized spacial score (nSPS) is 14.5. The van der Waals surface area contributed by atoms with E-state index in [1.54, 1.807) is 0 Å². The minimum absolute atomic E-state index is 0.661. The Balaban J connectivity index is 2.41. The van der Waals surface area contributed by atoms with Crippen molar-refractivity contribution in [3.05, 3.63) is 41.1 Å². The van der Waals surface area contributed by atoms with Crippen molar-refractivity contribution in [2.24, 2.45) is 0 Å². The fourth-order valence-electron chi connectivity index (χ4n) is 1.43. The van der Waals surface area contributed by atoms with Gasteiger partial charge in [-0.1, -0.05) is 24.3 Å². The minimum Gasteiger partial charge on any atom is -0.375 e. The maximum atomic E-state index is 10.3. The number of hydrogen-bond acceptors (Lipinski definition) is 2. The molecular formula is C10H9NO. The second kappa shape index (κ2) is 2.84. The molecule has 60 valence electrons. The van der Waals surface area contributed by atoms with E-state index in [-0.39, 0.29) is 0 Å². The SMILES string of the molecule is O=C=C1Cc2ccccc2CN1. The highest BCUT2D eigenvalue weighted by Gasteiger charge is 2.10. The van der Waals surface area contributed by atoms with Gasteiger partial charge in [0.1, 0.15) is 11.6 Å². The predicted octanol–water partition coefficient (Wildman–Crippen LogP) is 1.05. The van der Waals surface area contributed by atoms with Gasteiger partial charge in [0.25, 0.3) is 0 Å². The molecule has 1 heterocycles. The largest absolute Gasteiger partial charge is 0.375 e. The van der Waals surface area contributed by atoms with Crippen LogP contribution in [0.15, 0.2) is 30.0 Å². The molecule has 0 spiro atoms. The van der Waals surface area contributed by atoms with Crippen LogP contribution in [0.25, 0.3) is 0 Å². The van der Waals surface area contributed by atoms with Crippen LogP contribution in [0.4, 0.5) is 0 Å². The Hall–Kier alpha value is -1.53. The van der Waals surface area contributed by atoms with Crippen LogP contribution >= 0.6 is 0 Å². The van der Waals surface area contributed by atoms with Gasteiger partial charge in [-0.3, -0.25) is 0 Å². The zero-order chi connectivity index (χ0) is 8.39. The topological polar surface area (TPSA) is 29.1 Å². The molecule has 0 unspecified atom stereocenters. The van der Waals surface area contributed by atoms with Crippen molar-refractivity contribution in [3.8, 4) is 0 Å². The molecule has 0 saturated carbocycles. The van der Waals surface area contributed by atoms with E-state index in [0.29, 0.717) is 12.1 Å². The van der Waals surface area contributed by atoms with Crippen LogP contribution in [0.1, 0.15) is 11.1 Å². The van der Waals surface area contributed by atoms with E-state index < -0.39 is 0 Å². The van der Waals surface area contributed by atoms with E-state index in [9.17, 15) is 4.79 Å². The van der Waals surface area contributed by atoms with E-state index in [2.05, 4.69) is 11.4 Å². The summed E-state index contributed by atoms with van der Waals surface area (Å²) in [6.45, 7) is 0.751. The summed E-state index contributed by atoms with van der Waals surface area (Å²) in [7, 11) is 0. The Morgan fingerprint density at radius 3 is 2.75 bits per heavy atom. The van der Waals surface area contributed by atoms with Crippen molar-refractivity contribution in [1.29, 1.82) is 0 Å². The molecule has 1 aromatic carbocycles. The van der Waals surface area contributed by atoms with Crippen molar-refractivity contribution in [2.45, 2.75) is 13.0 Å². The first-order valence-corrected chi connectivity index (χ1v) is 3.95. The third-order valence-electron chi connectivity index (χ3n) is 2.10. The Kier molecular flexibility index (Phi) is 1.69. The lowest BCUT2D eigenvalue weighted by Crippen LogP contribution is -2.21. The molecule has 12 heavy (non-hydrogen) atoms. The molecule has 0 fully saturated rings. The monoisotopic (exact) mass is 159 g/mol. The van der Waals surface area contributed by atoms with Gasteiger partial charge >= 0.3 is 0 Å². The van der Waals surface area contributed by atoms with Gasteiger partial charge in [-0.05, 0) is 11.1 Å². The smallest absolute Gasteiger partial charge is 0.145 e. The summed E-state index contributed by atoms with van der Waals surface area (Å²) in [6, 6.07) is 8.13. The van der Waals surface area contributed by atoms with Crippen LogP contribution in [0.5, 0.6) is 0 Å². The maximum absolute atomic E-state index is 10.3. The van der Waals surface area contributed by atoms with Crippen LogP contribution < -0.4 is 5.32 Å². The molecule has 1 aliphatic rings. The first-order valence-electron chi connectivity index (χ1n) is 3.95. The number of benzene rings is 1. The number of carbonyl (C=O) groups excluding carboxylic acids is 1. The summed E-state index contributed by atoms with van der Waals surface area (Å²) in [5.74, 6) is 1.90. The van der Waals surface area contributed by atoms with Gasteiger partial charge in [0.15, 0.2) is 0 Å². The molecule has 1 aliphatic heterocycles. The van der Waals surface area contributed by atoms with E-state index in [0.717, 1.165) is 6.54 Å². The molecule has 0 saturated heterocycles. The van der Waals surface area contributed by atoms with E-state index in [4.69, 9.17) is 0 Å². The standard InChI is InChI=1S/C10H9NO/c12-7-10-5-8-3-1-2-4-9(8)6-11-10/h1-4,11H,5-6H2. The Labute approximate surface area is 70.9 Å². The van der Waals surface area contributed by atoms with Crippen LogP contribution in [0, 0.1) is 0 Å². The Morgan fingerprint density at radius 1 is 1.25 bits per heavy atom. The molecule has 0 aromatic heterocycles. The van der Waals surface area contributed by atoms with Gasteiger partial charge in [-0.15, -0.1) is 0 Å². The molecule has 2 heteroatoms. The predicted molar refractivity (Wildman–Crippen MR) is 46.2 cm³/mol. The summed E-state index contributed by atoms with van der Waals surface area (Å²) in [4.78, 5) is 10.3. The summed E-state index contributed by atoms with van der Waals surface area (Å²) < 4.78 is 0. The van der Waals surface area contributed by atoms with Gasteiger partial charge in [0.2, 0.25) is 0 Å². The number of nitrogens with one attached hydrogen (secondary N) is 1. The summed E-state index contributed by atoms with van der Waals surface area (Å²) in [6.07, 6.45) is 0.694. The van der Waals surface area contributed by atoms with Crippen molar-refractivity contribution in [1.82, 2.24) is 5.32 Å². The van der Waals surface area contributed by atoms with Crippen LogP contribution in [0.2, 0.25) is 0 Å². The van der Waals surface area contributed by atoms with Gasteiger partial charge in [0, 0.05) is 13.0 Å². The fourth-order valence-corrected chi connectivity index (χ4v) is 1.43. The molecular weight excluding hydrogens is 150 g/mol. The maximum Gasteiger partial charge on any atom is 0.145 e. The number of fused-ring (bicyclic) bond motifs is 1. The molecule has 0 radical (unpaired) electrons. The highest BCUT2D eigenvalue weighted by molar-refractivity contribution is 5.54. The van der Waals surface area contributed by atoms with Crippen LogP contribution in [-0.4, -0.2) is 5.94 Å². The first-order chi connectivity index (χ1) is 5.90. The molecule has 0 amide bonds. The van der Waals surface area contributed by atoms with Gasteiger partial charge in [0.05, 0.1) is 0 Å². The first kappa shape index (κ1) is 7.14. The molecule has 1 aromatic rings. The average Bonchev–Trinajstić information content (AvgIpc) is 2.17. The van der Waals surface area contributed by atoms with E-state index in [1.165, 1.54) is 11.1 Å². The molecule has 0 bridgehead atoms. The molecule has 2 nitrogen and oxygen atoms in total. The zero-order valence-electron chi connectivity index (χ0n) is 6.63. The van der Waals surface area contributed by atoms with E-state index >= 15 is 0 Å².